The molecule has 116 valence electrons. The van der Waals surface area contributed by atoms with Crippen molar-refractivity contribution in [1.29, 1.82) is 0 Å². The van der Waals surface area contributed by atoms with Gasteiger partial charge in [0.2, 0.25) is 5.91 Å². The fourth-order valence-electron chi connectivity index (χ4n) is 3.05. The third kappa shape index (κ3) is 4.11. The van der Waals surface area contributed by atoms with Gasteiger partial charge in [-0.3, -0.25) is 9.69 Å². The van der Waals surface area contributed by atoms with Gasteiger partial charge in [-0.25, -0.2) is 0 Å². The van der Waals surface area contributed by atoms with Crippen molar-refractivity contribution < 1.29 is 4.79 Å². The van der Waals surface area contributed by atoms with Crippen molar-refractivity contribution >= 4 is 28.9 Å². The van der Waals surface area contributed by atoms with Gasteiger partial charge < -0.3 is 11.1 Å². The lowest BCUT2D eigenvalue weighted by atomic mass is 9.86. The topological polar surface area (TPSA) is 58.4 Å². The normalized spacial score (nSPS) is 26.6. The molecule has 2 rings (SSSR count). The summed E-state index contributed by atoms with van der Waals surface area (Å²) in [7, 11) is 0. The Hall–Kier alpha value is -1.26. The van der Waals surface area contributed by atoms with Gasteiger partial charge in [-0.15, -0.1) is 0 Å². The van der Waals surface area contributed by atoms with Crippen LogP contribution < -0.4 is 11.1 Å². The molecule has 3 N–H and O–H groups in total. The molecule has 1 heterocycles. The largest absolute Gasteiger partial charge is 0.399 e. The van der Waals surface area contributed by atoms with Crippen molar-refractivity contribution in [3.63, 3.8) is 0 Å². The van der Waals surface area contributed by atoms with Crippen LogP contribution in [0.15, 0.2) is 18.2 Å². The minimum absolute atomic E-state index is 0.0326. The van der Waals surface area contributed by atoms with E-state index in [0.29, 0.717) is 40.8 Å². The summed E-state index contributed by atoms with van der Waals surface area (Å²) in [5.41, 5.74) is 6.85. The average molecular weight is 310 g/mol. The van der Waals surface area contributed by atoms with E-state index in [1.54, 1.807) is 18.2 Å². The standard InChI is InChI=1S/C16H24ClN3O/c1-10-6-11(2)12(3)20(8-10)9-16(21)19-15-5-4-13(18)7-14(15)17/h4-5,7,10-12H,6,8-9,18H2,1-3H3,(H,19,21). The van der Waals surface area contributed by atoms with Crippen molar-refractivity contribution in [3.05, 3.63) is 23.2 Å². The summed E-state index contributed by atoms with van der Waals surface area (Å²) in [6.45, 7) is 8.05. The number of piperidine rings is 1. The summed E-state index contributed by atoms with van der Waals surface area (Å²) in [6, 6.07) is 5.54. The van der Waals surface area contributed by atoms with Crippen molar-refractivity contribution in [2.45, 2.75) is 33.2 Å². The zero-order valence-electron chi connectivity index (χ0n) is 12.9. The quantitative estimate of drug-likeness (QED) is 0.843. The van der Waals surface area contributed by atoms with Gasteiger partial charge in [0.25, 0.3) is 0 Å². The van der Waals surface area contributed by atoms with E-state index in [1.807, 2.05) is 0 Å². The number of likely N-dealkylation sites (tertiary alicyclic amines) is 1. The summed E-state index contributed by atoms with van der Waals surface area (Å²) < 4.78 is 0. The van der Waals surface area contributed by atoms with E-state index in [-0.39, 0.29) is 5.91 Å². The minimum Gasteiger partial charge on any atom is -0.399 e. The Morgan fingerprint density at radius 2 is 2.14 bits per heavy atom. The second-order valence-electron chi connectivity index (χ2n) is 6.28. The van der Waals surface area contributed by atoms with E-state index in [9.17, 15) is 4.79 Å². The van der Waals surface area contributed by atoms with E-state index in [0.717, 1.165) is 6.54 Å². The number of carbonyl (C=O) groups excluding carboxylic acids is 1. The number of nitrogens with two attached hydrogens (primary N) is 1. The van der Waals surface area contributed by atoms with Crippen LogP contribution in [0.3, 0.4) is 0 Å². The second kappa shape index (κ2) is 6.67. The third-order valence-electron chi connectivity index (χ3n) is 4.33. The van der Waals surface area contributed by atoms with Crippen LogP contribution >= 0.6 is 11.6 Å². The van der Waals surface area contributed by atoms with Crippen LogP contribution in [-0.4, -0.2) is 29.9 Å². The first-order valence-electron chi connectivity index (χ1n) is 7.45. The van der Waals surface area contributed by atoms with Crippen LogP contribution in [0.25, 0.3) is 0 Å². The minimum atomic E-state index is -0.0326. The number of benzene rings is 1. The number of rotatable bonds is 3. The van der Waals surface area contributed by atoms with E-state index in [1.165, 1.54) is 6.42 Å². The molecule has 5 heteroatoms. The number of anilines is 2. The predicted molar refractivity (Wildman–Crippen MR) is 88.5 cm³/mol. The van der Waals surface area contributed by atoms with Crippen molar-refractivity contribution in [2.24, 2.45) is 11.8 Å². The van der Waals surface area contributed by atoms with Crippen molar-refractivity contribution in [1.82, 2.24) is 4.90 Å². The van der Waals surface area contributed by atoms with Gasteiger partial charge in [-0.05, 0) is 43.4 Å². The molecule has 1 fully saturated rings. The summed E-state index contributed by atoms with van der Waals surface area (Å²) in [6.07, 6.45) is 1.23. The Bertz CT molecular complexity index is 520. The molecule has 1 aromatic rings. The number of hydrogen-bond acceptors (Lipinski definition) is 3. The zero-order chi connectivity index (χ0) is 15.6. The highest BCUT2D eigenvalue weighted by atomic mass is 35.5. The first-order chi connectivity index (χ1) is 9.86. The molecule has 4 nitrogen and oxygen atoms in total. The Labute approximate surface area is 131 Å². The maximum atomic E-state index is 12.2. The number of amides is 1. The summed E-state index contributed by atoms with van der Waals surface area (Å²) in [5.74, 6) is 1.21. The number of nitrogens with one attached hydrogen (secondary N) is 1. The molecule has 1 amide bonds. The van der Waals surface area contributed by atoms with Crippen LogP contribution in [0.5, 0.6) is 0 Å². The van der Waals surface area contributed by atoms with Gasteiger partial charge in [-0.1, -0.05) is 25.4 Å². The van der Waals surface area contributed by atoms with E-state index in [2.05, 4.69) is 31.0 Å². The second-order valence-corrected chi connectivity index (χ2v) is 6.68. The summed E-state index contributed by atoms with van der Waals surface area (Å²) >= 11 is 6.08. The maximum Gasteiger partial charge on any atom is 0.238 e. The smallest absolute Gasteiger partial charge is 0.238 e. The van der Waals surface area contributed by atoms with Gasteiger partial charge in [-0.2, -0.15) is 0 Å². The number of nitrogen functional groups attached to an aromatic ring is 1. The maximum absolute atomic E-state index is 12.2. The Morgan fingerprint density at radius 1 is 1.43 bits per heavy atom. The number of carbonyl (C=O) groups is 1. The molecule has 3 unspecified atom stereocenters. The molecular weight excluding hydrogens is 286 g/mol. The molecule has 3 atom stereocenters. The molecule has 0 saturated carbocycles. The van der Waals surface area contributed by atoms with E-state index < -0.39 is 0 Å². The molecule has 1 aromatic carbocycles. The van der Waals surface area contributed by atoms with Crippen LogP contribution in [-0.2, 0) is 4.79 Å². The first-order valence-corrected chi connectivity index (χ1v) is 7.83. The molecule has 0 aromatic heterocycles. The van der Waals surface area contributed by atoms with Crippen LogP contribution in [0, 0.1) is 11.8 Å². The first kappa shape index (κ1) is 16.1. The highest BCUT2D eigenvalue weighted by Gasteiger charge is 2.29. The van der Waals surface area contributed by atoms with Crippen LogP contribution in [0.1, 0.15) is 27.2 Å². The molecule has 0 aliphatic carbocycles. The van der Waals surface area contributed by atoms with E-state index in [4.69, 9.17) is 17.3 Å². The Morgan fingerprint density at radius 3 is 2.81 bits per heavy atom. The van der Waals surface area contributed by atoms with Crippen LogP contribution in [0.2, 0.25) is 5.02 Å². The summed E-state index contributed by atoms with van der Waals surface area (Å²) in [5, 5.41) is 3.34. The fourth-order valence-corrected chi connectivity index (χ4v) is 3.28. The molecule has 21 heavy (non-hydrogen) atoms. The highest BCUT2D eigenvalue weighted by Crippen LogP contribution is 2.27. The van der Waals surface area contributed by atoms with Gasteiger partial charge in [0.05, 0.1) is 17.3 Å². The predicted octanol–water partition coefficient (Wildman–Crippen LogP) is 3.23. The van der Waals surface area contributed by atoms with Gasteiger partial charge >= 0.3 is 0 Å². The highest BCUT2D eigenvalue weighted by molar-refractivity contribution is 6.34. The lowest BCUT2D eigenvalue weighted by molar-refractivity contribution is -0.118. The van der Waals surface area contributed by atoms with Gasteiger partial charge in [0, 0.05) is 18.3 Å². The molecular formula is C16H24ClN3O. The SMILES string of the molecule is CC1CC(C)C(C)N(CC(=O)Nc2ccc(N)cc2Cl)C1. The van der Waals surface area contributed by atoms with Gasteiger partial charge in [0.1, 0.15) is 0 Å². The van der Waals surface area contributed by atoms with Crippen molar-refractivity contribution in [3.8, 4) is 0 Å². The zero-order valence-corrected chi connectivity index (χ0v) is 13.7. The number of hydrogen-bond donors (Lipinski definition) is 2. The molecule has 0 spiro atoms. The fraction of sp³-hybridized carbons (Fsp3) is 0.562. The molecule has 0 bridgehead atoms. The molecule has 1 aliphatic rings. The Kier molecular flexibility index (Phi) is 5.12. The number of nitrogens with zero attached hydrogens (tertiary/aromatic N) is 1. The van der Waals surface area contributed by atoms with E-state index >= 15 is 0 Å². The third-order valence-corrected chi connectivity index (χ3v) is 4.65. The number of halogens is 1. The molecule has 0 radical (unpaired) electrons. The lowest BCUT2D eigenvalue weighted by Gasteiger charge is -2.40. The lowest BCUT2D eigenvalue weighted by Crippen LogP contribution is -2.48. The average Bonchev–Trinajstić information content (AvgIpc) is 2.38. The monoisotopic (exact) mass is 309 g/mol. The van der Waals surface area contributed by atoms with Crippen molar-refractivity contribution in [2.75, 3.05) is 24.1 Å². The Balaban J connectivity index is 1.97. The van der Waals surface area contributed by atoms with Gasteiger partial charge in [0.15, 0.2) is 0 Å². The van der Waals surface area contributed by atoms with Crippen LogP contribution in [0.4, 0.5) is 11.4 Å². The molecule has 1 aliphatic heterocycles. The summed E-state index contributed by atoms with van der Waals surface area (Å²) in [4.78, 5) is 14.5. The molecule has 1 saturated heterocycles.